The summed E-state index contributed by atoms with van der Waals surface area (Å²) in [5.41, 5.74) is 1.98. The van der Waals surface area contributed by atoms with E-state index in [4.69, 9.17) is 5.10 Å². The van der Waals surface area contributed by atoms with Gasteiger partial charge in [0.1, 0.15) is 5.82 Å². The predicted molar refractivity (Wildman–Crippen MR) is 117 cm³/mol. The molecule has 1 N–H and O–H groups in total. The molecule has 7 heteroatoms. The van der Waals surface area contributed by atoms with Gasteiger partial charge in [-0.05, 0) is 44.4 Å². The highest BCUT2D eigenvalue weighted by atomic mass is 16.2. The van der Waals surface area contributed by atoms with Crippen molar-refractivity contribution in [2.24, 2.45) is 0 Å². The molecule has 2 aromatic rings. The maximum absolute atomic E-state index is 12.9. The van der Waals surface area contributed by atoms with Crippen molar-refractivity contribution in [1.29, 1.82) is 0 Å². The number of carbonyl (C=O) groups is 2. The van der Waals surface area contributed by atoms with Crippen LogP contribution in [0.25, 0.3) is 5.69 Å². The Kier molecular flexibility index (Phi) is 6.18. The number of aromatic nitrogens is 2. The molecule has 0 bridgehead atoms. The van der Waals surface area contributed by atoms with E-state index in [2.05, 4.69) is 5.32 Å². The molecule has 4 rings (SSSR count). The van der Waals surface area contributed by atoms with Crippen LogP contribution < -0.4 is 5.32 Å². The predicted octanol–water partition coefficient (Wildman–Crippen LogP) is 3.02. The second-order valence-corrected chi connectivity index (χ2v) is 8.59. The Morgan fingerprint density at radius 1 is 1.10 bits per heavy atom. The van der Waals surface area contributed by atoms with Gasteiger partial charge in [-0.1, -0.05) is 31.0 Å². The van der Waals surface area contributed by atoms with Gasteiger partial charge in [0.25, 0.3) is 0 Å². The maximum Gasteiger partial charge on any atom is 0.239 e. The van der Waals surface area contributed by atoms with Gasteiger partial charge >= 0.3 is 0 Å². The van der Waals surface area contributed by atoms with Gasteiger partial charge in [0, 0.05) is 26.1 Å². The summed E-state index contributed by atoms with van der Waals surface area (Å²) in [6.45, 7) is 0.978. The van der Waals surface area contributed by atoms with Gasteiger partial charge in [0.05, 0.1) is 24.0 Å². The topological polar surface area (TPSA) is 70.5 Å². The molecule has 0 spiro atoms. The molecule has 7 nitrogen and oxygen atoms in total. The lowest BCUT2D eigenvalue weighted by atomic mass is 10.0. The van der Waals surface area contributed by atoms with Crippen molar-refractivity contribution in [1.82, 2.24) is 19.6 Å². The standard InChI is InChI=1S/C23H31N5O2/c1-26(2)23(30)20-13-8-14-27(20)16-22(29)24-21-15-19(17-9-6-7-10-17)25-28(21)18-11-4-3-5-12-18/h3-5,11-12,15,17,20H,6-10,13-14,16H2,1-2H3,(H,24,29). The van der Waals surface area contributed by atoms with Crippen LogP contribution in [0.1, 0.15) is 50.1 Å². The van der Waals surface area contributed by atoms with Gasteiger partial charge in [-0.25, -0.2) is 4.68 Å². The van der Waals surface area contributed by atoms with Crippen molar-refractivity contribution in [3.8, 4) is 5.69 Å². The molecule has 160 valence electrons. The number of likely N-dealkylation sites (tertiary alicyclic amines) is 1. The number of hydrogen-bond acceptors (Lipinski definition) is 4. The first kappa shape index (κ1) is 20.6. The number of para-hydroxylation sites is 1. The summed E-state index contributed by atoms with van der Waals surface area (Å²) in [7, 11) is 3.53. The minimum atomic E-state index is -0.209. The number of rotatable bonds is 6. The number of likely N-dealkylation sites (N-methyl/N-ethyl adjacent to an activating group) is 1. The minimum Gasteiger partial charge on any atom is -0.347 e. The largest absolute Gasteiger partial charge is 0.347 e. The molecule has 1 saturated carbocycles. The van der Waals surface area contributed by atoms with Crippen LogP contribution in [0.15, 0.2) is 36.4 Å². The van der Waals surface area contributed by atoms with Gasteiger partial charge in [-0.2, -0.15) is 5.10 Å². The Morgan fingerprint density at radius 2 is 1.83 bits per heavy atom. The maximum atomic E-state index is 12.9. The summed E-state index contributed by atoms with van der Waals surface area (Å²) in [6, 6.07) is 11.7. The van der Waals surface area contributed by atoms with E-state index in [1.54, 1.807) is 19.0 Å². The smallest absolute Gasteiger partial charge is 0.239 e. The summed E-state index contributed by atoms with van der Waals surface area (Å²) < 4.78 is 1.83. The Bertz CT molecular complexity index is 886. The number of hydrogen-bond donors (Lipinski definition) is 1. The summed E-state index contributed by atoms with van der Waals surface area (Å²) in [4.78, 5) is 28.9. The van der Waals surface area contributed by atoms with Crippen LogP contribution in [0.4, 0.5) is 5.82 Å². The molecule has 1 aromatic heterocycles. The highest BCUT2D eigenvalue weighted by Gasteiger charge is 2.33. The Balaban J connectivity index is 1.51. The van der Waals surface area contributed by atoms with Crippen LogP contribution in [0.5, 0.6) is 0 Å². The van der Waals surface area contributed by atoms with Crippen molar-refractivity contribution in [3.05, 3.63) is 42.1 Å². The Morgan fingerprint density at radius 3 is 2.53 bits per heavy atom. The fraction of sp³-hybridized carbons (Fsp3) is 0.522. The van der Waals surface area contributed by atoms with Crippen LogP contribution in [0, 0.1) is 0 Å². The van der Waals surface area contributed by atoms with Gasteiger partial charge in [-0.15, -0.1) is 0 Å². The first-order chi connectivity index (χ1) is 14.5. The highest BCUT2D eigenvalue weighted by Crippen LogP contribution is 2.35. The molecule has 1 saturated heterocycles. The molecular formula is C23H31N5O2. The van der Waals surface area contributed by atoms with E-state index in [1.165, 1.54) is 12.8 Å². The normalized spacial score (nSPS) is 19.9. The van der Waals surface area contributed by atoms with Crippen LogP contribution in [-0.2, 0) is 9.59 Å². The van der Waals surface area contributed by atoms with Gasteiger partial charge in [0.15, 0.2) is 0 Å². The zero-order chi connectivity index (χ0) is 21.1. The second-order valence-electron chi connectivity index (χ2n) is 8.59. The summed E-state index contributed by atoms with van der Waals surface area (Å²) in [5.74, 6) is 1.12. The summed E-state index contributed by atoms with van der Waals surface area (Å²) in [5, 5.41) is 7.90. The number of amides is 2. The number of nitrogens with zero attached hydrogens (tertiary/aromatic N) is 4. The molecule has 1 aromatic carbocycles. The van der Waals surface area contributed by atoms with Crippen LogP contribution >= 0.6 is 0 Å². The molecule has 1 unspecified atom stereocenters. The molecule has 2 fully saturated rings. The fourth-order valence-corrected chi connectivity index (χ4v) is 4.64. The lowest BCUT2D eigenvalue weighted by Crippen LogP contribution is -2.45. The van der Waals surface area contributed by atoms with Gasteiger partial charge < -0.3 is 10.2 Å². The number of carbonyl (C=O) groups excluding carboxylic acids is 2. The minimum absolute atomic E-state index is 0.0677. The average molecular weight is 410 g/mol. The summed E-state index contributed by atoms with van der Waals surface area (Å²) >= 11 is 0. The SMILES string of the molecule is CN(C)C(=O)C1CCCN1CC(=O)Nc1cc(C2CCCC2)nn1-c1ccccc1. The van der Waals surface area contributed by atoms with Crippen LogP contribution in [0.3, 0.4) is 0 Å². The van der Waals surface area contributed by atoms with Crippen molar-refractivity contribution in [2.45, 2.75) is 50.5 Å². The molecule has 1 atom stereocenters. The number of anilines is 1. The lowest BCUT2D eigenvalue weighted by molar-refractivity contribution is -0.133. The third-order valence-electron chi connectivity index (χ3n) is 6.21. The van der Waals surface area contributed by atoms with E-state index in [0.29, 0.717) is 11.7 Å². The quantitative estimate of drug-likeness (QED) is 0.796. The zero-order valence-corrected chi connectivity index (χ0v) is 17.9. The van der Waals surface area contributed by atoms with E-state index in [9.17, 15) is 9.59 Å². The van der Waals surface area contributed by atoms with Crippen molar-refractivity contribution in [2.75, 3.05) is 32.5 Å². The molecule has 2 amide bonds. The highest BCUT2D eigenvalue weighted by molar-refractivity contribution is 5.92. The van der Waals surface area contributed by atoms with Crippen LogP contribution in [0.2, 0.25) is 0 Å². The van der Waals surface area contributed by atoms with E-state index in [0.717, 1.165) is 43.6 Å². The third-order valence-corrected chi connectivity index (χ3v) is 6.21. The number of nitrogens with one attached hydrogen (secondary N) is 1. The monoisotopic (exact) mass is 409 g/mol. The van der Waals surface area contributed by atoms with E-state index in [1.807, 2.05) is 46.0 Å². The van der Waals surface area contributed by atoms with Crippen LogP contribution in [-0.4, -0.2) is 64.6 Å². The number of benzene rings is 1. The van der Waals surface area contributed by atoms with E-state index < -0.39 is 0 Å². The Hall–Kier alpha value is -2.67. The molecule has 1 aliphatic heterocycles. The van der Waals surface area contributed by atoms with Gasteiger partial charge in [-0.3, -0.25) is 14.5 Å². The van der Waals surface area contributed by atoms with E-state index in [-0.39, 0.29) is 24.4 Å². The van der Waals surface area contributed by atoms with Gasteiger partial charge in [0.2, 0.25) is 11.8 Å². The average Bonchev–Trinajstić information content (AvgIpc) is 3.49. The van der Waals surface area contributed by atoms with Crippen molar-refractivity contribution in [3.63, 3.8) is 0 Å². The van der Waals surface area contributed by atoms with E-state index >= 15 is 0 Å². The fourth-order valence-electron chi connectivity index (χ4n) is 4.64. The van der Waals surface area contributed by atoms with Crippen molar-refractivity contribution < 1.29 is 9.59 Å². The summed E-state index contributed by atoms with van der Waals surface area (Å²) in [6.07, 6.45) is 6.52. The first-order valence-corrected chi connectivity index (χ1v) is 10.9. The molecule has 1 aliphatic carbocycles. The molecule has 30 heavy (non-hydrogen) atoms. The molecule has 2 heterocycles. The zero-order valence-electron chi connectivity index (χ0n) is 17.9. The molecule has 2 aliphatic rings. The molecular weight excluding hydrogens is 378 g/mol. The lowest BCUT2D eigenvalue weighted by Gasteiger charge is -2.25. The second kappa shape index (κ2) is 9.00. The third kappa shape index (κ3) is 4.41. The Labute approximate surface area is 178 Å². The first-order valence-electron chi connectivity index (χ1n) is 10.9. The molecule has 0 radical (unpaired) electrons. The van der Waals surface area contributed by atoms with Crippen molar-refractivity contribution >= 4 is 17.6 Å².